The van der Waals surface area contributed by atoms with Gasteiger partial charge in [-0.25, -0.2) is 9.78 Å². The average molecular weight is 409 g/mol. The number of aromatic amines is 1. The van der Waals surface area contributed by atoms with E-state index in [0.717, 1.165) is 0 Å². The lowest BCUT2D eigenvalue weighted by Crippen LogP contribution is -2.32. The Balaban J connectivity index is 2.18. The topological polar surface area (TPSA) is 140 Å². The number of amides is 2. The number of primary amides is 1. The lowest BCUT2D eigenvalue weighted by Gasteiger charge is -2.14. The van der Waals surface area contributed by atoms with Crippen LogP contribution in [0.1, 0.15) is 58.7 Å². The van der Waals surface area contributed by atoms with E-state index in [1.54, 1.807) is 32.0 Å². The van der Waals surface area contributed by atoms with Gasteiger partial charge >= 0.3 is 5.69 Å². The molecule has 0 radical (unpaired) electrons. The number of aromatic nitrogens is 3. The lowest BCUT2D eigenvalue weighted by molar-refractivity contribution is 0.0998. The number of hydrogen-bond donors (Lipinski definition) is 3. The summed E-state index contributed by atoms with van der Waals surface area (Å²) < 4.78 is 1.32. The second-order valence-corrected chi connectivity index (χ2v) is 7.30. The van der Waals surface area contributed by atoms with Gasteiger partial charge in [-0.05, 0) is 49.6 Å². The third kappa shape index (κ3) is 3.73. The number of benzene rings is 1. The van der Waals surface area contributed by atoms with Gasteiger partial charge in [0.1, 0.15) is 0 Å². The van der Waals surface area contributed by atoms with Crippen LogP contribution in [-0.4, -0.2) is 26.3 Å². The van der Waals surface area contributed by atoms with Gasteiger partial charge in [-0.3, -0.25) is 23.9 Å². The van der Waals surface area contributed by atoms with Crippen LogP contribution in [0.3, 0.4) is 0 Å². The van der Waals surface area contributed by atoms with Gasteiger partial charge in [-0.1, -0.05) is 13.8 Å². The van der Waals surface area contributed by atoms with Crippen molar-refractivity contribution < 1.29 is 9.59 Å². The largest absolute Gasteiger partial charge is 0.366 e. The third-order valence-electron chi connectivity index (χ3n) is 4.87. The Morgan fingerprint density at radius 1 is 1.20 bits per heavy atom. The van der Waals surface area contributed by atoms with Crippen molar-refractivity contribution in [1.29, 1.82) is 0 Å². The lowest BCUT2D eigenvalue weighted by atomic mass is 10.0. The molecule has 30 heavy (non-hydrogen) atoms. The van der Waals surface area contributed by atoms with Crippen molar-refractivity contribution in [2.45, 2.75) is 40.2 Å². The minimum Gasteiger partial charge on any atom is -0.366 e. The number of hydrogen-bond acceptors (Lipinski definition) is 5. The van der Waals surface area contributed by atoms with E-state index < -0.39 is 23.1 Å². The molecule has 2 aromatic heterocycles. The molecule has 0 aliphatic heterocycles. The number of H-pyrrole nitrogens is 1. The number of pyridine rings is 1. The molecule has 0 fully saturated rings. The van der Waals surface area contributed by atoms with E-state index >= 15 is 0 Å². The molecular weight excluding hydrogens is 386 g/mol. The smallest absolute Gasteiger partial charge is 0.329 e. The standard InChI is InChI=1S/C21H23N5O4/c1-5-26-18-16(20(29)25-21(26)30)14(9-15(24-18)10(2)3)19(28)23-12-6-7-13(17(22)27)11(4)8-12/h6-10H,5H2,1-4H3,(H2,22,27)(H,23,28)(H,25,29,30). The molecule has 2 amide bonds. The van der Waals surface area contributed by atoms with Gasteiger partial charge in [0.05, 0.1) is 10.9 Å². The Kier molecular flexibility index (Phi) is 5.55. The first-order chi connectivity index (χ1) is 14.1. The number of nitrogens with one attached hydrogen (secondary N) is 2. The van der Waals surface area contributed by atoms with Crippen LogP contribution in [0, 0.1) is 6.92 Å². The van der Waals surface area contributed by atoms with E-state index in [4.69, 9.17) is 5.73 Å². The van der Waals surface area contributed by atoms with Gasteiger partial charge in [0.15, 0.2) is 5.65 Å². The van der Waals surface area contributed by atoms with Crippen LogP contribution in [0.5, 0.6) is 0 Å². The van der Waals surface area contributed by atoms with Crippen LogP contribution in [-0.2, 0) is 6.54 Å². The molecule has 3 aromatic rings. The molecule has 0 aliphatic rings. The van der Waals surface area contributed by atoms with Crippen LogP contribution in [0.25, 0.3) is 11.0 Å². The summed E-state index contributed by atoms with van der Waals surface area (Å²) >= 11 is 0. The van der Waals surface area contributed by atoms with E-state index in [0.29, 0.717) is 22.5 Å². The van der Waals surface area contributed by atoms with Crippen molar-refractivity contribution in [3.63, 3.8) is 0 Å². The third-order valence-corrected chi connectivity index (χ3v) is 4.87. The molecule has 9 heteroatoms. The van der Waals surface area contributed by atoms with Gasteiger partial charge in [-0.2, -0.15) is 0 Å². The number of fused-ring (bicyclic) bond motifs is 1. The van der Waals surface area contributed by atoms with Crippen molar-refractivity contribution in [1.82, 2.24) is 14.5 Å². The number of nitrogens with two attached hydrogens (primary N) is 1. The number of rotatable bonds is 5. The summed E-state index contributed by atoms with van der Waals surface area (Å²) in [6.07, 6.45) is 0. The first kappa shape index (κ1) is 21.0. The zero-order chi connectivity index (χ0) is 22.2. The average Bonchev–Trinajstić information content (AvgIpc) is 2.66. The van der Waals surface area contributed by atoms with E-state index in [-0.39, 0.29) is 29.1 Å². The van der Waals surface area contributed by atoms with E-state index in [9.17, 15) is 19.2 Å². The highest BCUT2D eigenvalue weighted by atomic mass is 16.2. The van der Waals surface area contributed by atoms with Crippen molar-refractivity contribution >= 4 is 28.5 Å². The van der Waals surface area contributed by atoms with Gasteiger partial charge in [-0.15, -0.1) is 0 Å². The normalized spacial score (nSPS) is 11.1. The Bertz CT molecular complexity index is 1290. The Hall–Kier alpha value is -3.75. The fourth-order valence-electron chi connectivity index (χ4n) is 3.28. The van der Waals surface area contributed by atoms with Gasteiger partial charge < -0.3 is 11.1 Å². The molecule has 0 saturated heterocycles. The molecule has 0 atom stereocenters. The first-order valence-corrected chi connectivity index (χ1v) is 9.53. The highest BCUT2D eigenvalue weighted by Crippen LogP contribution is 2.22. The fraction of sp³-hybridized carbons (Fsp3) is 0.286. The maximum absolute atomic E-state index is 13.1. The molecule has 0 bridgehead atoms. The maximum atomic E-state index is 13.1. The second-order valence-electron chi connectivity index (χ2n) is 7.30. The molecule has 0 saturated carbocycles. The van der Waals surface area contributed by atoms with Gasteiger partial charge in [0, 0.05) is 23.5 Å². The number of aryl methyl sites for hydroxylation is 2. The predicted octanol–water partition coefficient (Wildman–Crippen LogP) is 1.89. The molecule has 0 spiro atoms. The summed E-state index contributed by atoms with van der Waals surface area (Å²) in [6, 6.07) is 6.27. The first-order valence-electron chi connectivity index (χ1n) is 9.53. The number of anilines is 1. The molecule has 156 valence electrons. The van der Waals surface area contributed by atoms with E-state index in [1.807, 2.05) is 13.8 Å². The maximum Gasteiger partial charge on any atom is 0.329 e. The monoisotopic (exact) mass is 409 g/mol. The zero-order valence-electron chi connectivity index (χ0n) is 17.2. The van der Waals surface area contributed by atoms with Gasteiger partial charge in [0.25, 0.3) is 11.5 Å². The highest BCUT2D eigenvalue weighted by molar-refractivity contribution is 6.12. The second kappa shape index (κ2) is 7.94. The minimum absolute atomic E-state index is 0.0299. The molecule has 3 rings (SSSR count). The SMILES string of the molecule is CCn1c(=O)[nH]c(=O)c2c(C(=O)Nc3ccc(C(N)=O)c(C)c3)cc(C(C)C)nc21. The minimum atomic E-state index is -0.673. The van der Waals surface area contributed by atoms with Crippen LogP contribution in [0.2, 0.25) is 0 Å². The Morgan fingerprint density at radius 2 is 1.90 bits per heavy atom. The molecule has 0 aliphatic carbocycles. The van der Waals surface area contributed by atoms with Crippen LogP contribution in [0.15, 0.2) is 33.9 Å². The molecule has 2 heterocycles. The van der Waals surface area contributed by atoms with Crippen molar-refractivity contribution in [3.8, 4) is 0 Å². The van der Waals surface area contributed by atoms with Gasteiger partial charge in [0.2, 0.25) is 5.91 Å². The van der Waals surface area contributed by atoms with E-state index in [1.165, 1.54) is 10.6 Å². The Morgan fingerprint density at radius 3 is 2.47 bits per heavy atom. The number of carbonyl (C=O) groups excluding carboxylic acids is 2. The van der Waals surface area contributed by atoms with Crippen molar-refractivity contribution in [2.75, 3.05) is 5.32 Å². The number of nitrogens with zero attached hydrogens (tertiary/aromatic N) is 2. The molecule has 9 nitrogen and oxygen atoms in total. The fourth-order valence-corrected chi connectivity index (χ4v) is 3.28. The number of carbonyl (C=O) groups is 2. The molecular formula is C21H23N5O4. The summed E-state index contributed by atoms with van der Waals surface area (Å²) in [4.78, 5) is 56.0. The van der Waals surface area contributed by atoms with Crippen LogP contribution < -0.4 is 22.3 Å². The summed E-state index contributed by atoms with van der Waals surface area (Å²) in [5, 5.41) is 2.79. The van der Waals surface area contributed by atoms with Crippen LogP contribution in [0.4, 0.5) is 5.69 Å². The Labute approximate surface area is 171 Å². The van der Waals surface area contributed by atoms with E-state index in [2.05, 4.69) is 15.3 Å². The van der Waals surface area contributed by atoms with Crippen LogP contribution >= 0.6 is 0 Å². The predicted molar refractivity (Wildman–Crippen MR) is 114 cm³/mol. The highest BCUT2D eigenvalue weighted by Gasteiger charge is 2.20. The summed E-state index contributed by atoms with van der Waals surface area (Å²) in [6.45, 7) is 7.56. The van der Waals surface area contributed by atoms with Crippen molar-refractivity contribution in [3.05, 3.63) is 67.5 Å². The quantitative estimate of drug-likeness (QED) is 0.590. The molecule has 0 unspecified atom stereocenters. The molecule has 4 N–H and O–H groups in total. The molecule has 1 aromatic carbocycles. The summed E-state index contributed by atoms with van der Waals surface area (Å²) in [5.41, 5.74) is 6.35. The summed E-state index contributed by atoms with van der Waals surface area (Å²) in [7, 11) is 0. The van der Waals surface area contributed by atoms with Crippen molar-refractivity contribution in [2.24, 2.45) is 5.73 Å². The zero-order valence-corrected chi connectivity index (χ0v) is 17.2. The summed E-state index contributed by atoms with van der Waals surface area (Å²) in [5.74, 6) is -1.11.